The van der Waals surface area contributed by atoms with E-state index in [4.69, 9.17) is 10.5 Å². The first-order valence-electron chi connectivity index (χ1n) is 5.27. The molecule has 3 N–H and O–H groups in total. The van der Waals surface area contributed by atoms with Gasteiger partial charge in [-0.2, -0.15) is 0 Å². The molecular weight excluding hydrogens is 192 g/mol. The second-order valence-electron chi connectivity index (χ2n) is 5.14. The zero-order chi connectivity index (χ0) is 12.1. The van der Waals surface area contributed by atoms with Crippen LogP contribution in [-0.2, 0) is 9.53 Å². The van der Waals surface area contributed by atoms with Gasteiger partial charge in [0.05, 0.1) is 11.0 Å². The molecule has 4 nitrogen and oxygen atoms in total. The molecule has 0 heterocycles. The van der Waals surface area contributed by atoms with E-state index in [1.54, 1.807) is 7.11 Å². The minimum atomic E-state index is -0.489. The zero-order valence-electron chi connectivity index (χ0n) is 10.5. The lowest BCUT2D eigenvalue weighted by atomic mass is 9.92. The van der Waals surface area contributed by atoms with Gasteiger partial charge in [-0.25, -0.2) is 0 Å². The summed E-state index contributed by atoms with van der Waals surface area (Å²) in [6.07, 6.45) is 0.901. The Bertz CT molecular complexity index is 213. The molecule has 0 aliphatic carbocycles. The lowest BCUT2D eigenvalue weighted by Gasteiger charge is -2.25. The molecule has 0 aromatic carbocycles. The maximum Gasteiger partial charge on any atom is 0.224 e. The normalized spacial score (nSPS) is 12.9. The van der Waals surface area contributed by atoms with Crippen LogP contribution in [0.1, 0.15) is 34.1 Å². The Morgan fingerprint density at radius 3 is 2.27 bits per heavy atom. The van der Waals surface area contributed by atoms with Crippen LogP contribution in [0.5, 0.6) is 0 Å². The van der Waals surface area contributed by atoms with Gasteiger partial charge >= 0.3 is 0 Å². The monoisotopic (exact) mass is 216 g/mol. The van der Waals surface area contributed by atoms with Crippen LogP contribution in [0.4, 0.5) is 0 Å². The van der Waals surface area contributed by atoms with Crippen molar-refractivity contribution in [1.82, 2.24) is 5.32 Å². The largest absolute Gasteiger partial charge is 0.379 e. The predicted octanol–water partition coefficient (Wildman–Crippen LogP) is 0.903. The number of methoxy groups -OCH3 is 1. The molecule has 0 fully saturated rings. The molecular formula is C11H24N2O2. The molecule has 15 heavy (non-hydrogen) atoms. The SMILES string of the molecule is COC(C)(C)CCNCC(C)(C)C(N)=O. The molecule has 0 bridgehead atoms. The number of carbonyl (C=O) groups is 1. The molecule has 0 aliphatic heterocycles. The number of nitrogens with one attached hydrogen (secondary N) is 1. The molecule has 0 aromatic heterocycles. The third-order valence-corrected chi connectivity index (χ3v) is 2.69. The summed E-state index contributed by atoms with van der Waals surface area (Å²) in [4.78, 5) is 11.0. The number of hydrogen-bond donors (Lipinski definition) is 2. The van der Waals surface area contributed by atoms with Crippen molar-refractivity contribution in [2.45, 2.75) is 39.7 Å². The van der Waals surface area contributed by atoms with Gasteiger partial charge in [0.25, 0.3) is 0 Å². The predicted molar refractivity (Wildman–Crippen MR) is 61.6 cm³/mol. The highest BCUT2D eigenvalue weighted by atomic mass is 16.5. The Morgan fingerprint density at radius 1 is 1.33 bits per heavy atom. The average Bonchev–Trinajstić information content (AvgIpc) is 2.12. The molecule has 0 saturated carbocycles. The molecule has 4 heteroatoms. The molecule has 0 aliphatic rings. The molecule has 0 spiro atoms. The van der Waals surface area contributed by atoms with Crippen LogP contribution in [-0.4, -0.2) is 31.7 Å². The smallest absolute Gasteiger partial charge is 0.224 e. The Kier molecular flexibility index (Phi) is 5.24. The highest BCUT2D eigenvalue weighted by Crippen LogP contribution is 2.14. The number of ether oxygens (including phenoxy) is 1. The quantitative estimate of drug-likeness (QED) is 0.622. The Hall–Kier alpha value is -0.610. The van der Waals surface area contributed by atoms with Crippen LogP contribution in [0.3, 0.4) is 0 Å². The summed E-state index contributed by atoms with van der Waals surface area (Å²) in [7, 11) is 1.70. The topological polar surface area (TPSA) is 64.3 Å². The van der Waals surface area contributed by atoms with Gasteiger partial charge in [-0.05, 0) is 40.7 Å². The van der Waals surface area contributed by atoms with Gasteiger partial charge in [-0.1, -0.05) is 0 Å². The van der Waals surface area contributed by atoms with Crippen molar-refractivity contribution in [1.29, 1.82) is 0 Å². The summed E-state index contributed by atoms with van der Waals surface area (Å²) in [6.45, 7) is 9.16. The lowest BCUT2D eigenvalue weighted by molar-refractivity contribution is -0.125. The van der Waals surface area contributed by atoms with Gasteiger partial charge in [0.2, 0.25) is 5.91 Å². The fourth-order valence-electron chi connectivity index (χ4n) is 0.979. The van der Waals surface area contributed by atoms with E-state index in [0.717, 1.165) is 13.0 Å². The van der Waals surface area contributed by atoms with Crippen LogP contribution in [0.15, 0.2) is 0 Å². The third kappa shape index (κ3) is 5.74. The number of hydrogen-bond acceptors (Lipinski definition) is 3. The molecule has 0 saturated heterocycles. The van der Waals surface area contributed by atoms with E-state index in [0.29, 0.717) is 6.54 Å². The van der Waals surface area contributed by atoms with Crippen molar-refractivity contribution in [2.24, 2.45) is 11.1 Å². The summed E-state index contributed by atoms with van der Waals surface area (Å²) < 4.78 is 5.29. The van der Waals surface area contributed by atoms with Crippen molar-refractivity contribution in [3.05, 3.63) is 0 Å². The van der Waals surface area contributed by atoms with Gasteiger partial charge in [0.1, 0.15) is 0 Å². The van der Waals surface area contributed by atoms with E-state index in [1.807, 2.05) is 27.7 Å². The summed E-state index contributed by atoms with van der Waals surface area (Å²) in [5.74, 6) is -0.277. The van der Waals surface area contributed by atoms with E-state index < -0.39 is 5.41 Å². The van der Waals surface area contributed by atoms with Crippen LogP contribution < -0.4 is 11.1 Å². The number of nitrogens with two attached hydrogens (primary N) is 1. The minimum Gasteiger partial charge on any atom is -0.379 e. The second-order valence-corrected chi connectivity index (χ2v) is 5.14. The summed E-state index contributed by atoms with van der Waals surface area (Å²) in [5.41, 5.74) is 4.65. The average molecular weight is 216 g/mol. The van der Waals surface area contributed by atoms with Gasteiger partial charge in [-0.3, -0.25) is 4.79 Å². The van der Waals surface area contributed by atoms with E-state index in [-0.39, 0.29) is 11.5 Å². The highest BCUT2D eigenvalue weighted by molar-refractivity contribution is 5.80. The molecule has 0 rings (SSSR count). The van der Waals surface area contributed by atoms with Gasteiger partial charge in [0.15, 0.2) is 0 Å². The molecule has 0 radical (unpaired) electrons. The first-order valence-corrected chi connectivity index (χ1v) is 5.27. The summed E-state index contributed by atoms with van der Waals surface area (Å²) in [6, 6.07) is 0. The Balaban J connectivity index is 3.77. The van der Waals surface area contributed by atoms with E-state index >= 15 is 0 Å². The molecule has 0 atom stereocenters. The fraction of sp³-hybridized carbons (Fsp3) is 0.909. The van der Waals surface area contributed by atoms with E-state index in [2.05, 4.69) is 5.32 Å². The van der Waals surface area contributed by atoms with Crippen molar-refractivity contribution in [2.75, 3.05) is 20.2 Å². The zero-order valence-corrected chi connectivity index (χ0v) is 10.5. The van der Waals surface area contributed by atoms with Gasteiger partial charge < -0.3 is 15.8 Å². The van der Waals surface area contributed by atoms with E-state index in [1.165, 1.54) is 0 Å². The number of amides is 1. The Morgan fingerprint density at radius 2 is 1.87 bits per heavy atom. The van der Waals surface area contributed by atoms with Crippen molar-refractivity contribution in [3.8, 4) is 0 Å². The number of rotatable bonds is 7. The minimum absolute atomic E-state index is 0.121. The summed E-state index contributed by atoms with van der Waals surface area (Å²) in [5, 5.41) is 3.22. The van der Waals surface area contributed by atoms with Crippen LogP contribution in [0.2, 0.25) is 0 Å². The van der Waals surface area contributed by atoms with Crippen LogP contribution in [0.25, 0.3) is 0 Å². The number of primary amides is 1. The van der Waals surface area contributed by atoms with Crippen molar-refractivity contribution < 1.29 is 9.53 Å². The Labute approximate surface area is 92.6 Å². The maximum absolute atomic E-state index is 11.0. The van der Waals surface area contributed by atoms with Crippen LogP contribution in [0, 0.1) is 5.41 Å². The number of carbonyl (C=O) groups excluding carboxylic acids is 1. The first kappa shape index (κ1) is 14.4. The highest BCUT2D eigenvalue weighted by Gasteiger charge is 2.24. The van der Waals surface area contributed by atoms with Crippen molar-refractivity contribution >= 4 is 5.91 Å². The molecule has 0 aromatic rings. The summed E-state index contributed by atoms with van der Waals surface area (Å²) >= 11 is 0. The third-order valence-electron chi connectivity index (χ3n) is 2.69. The standard InChI is InChI=1S/C11H24N2O2/c1-10(2,9(12)14)8-13-7-6-11(3,4)15-5/h13H,6-8H2,1-5H3,(H2,12,14). The maximum atomic E-state index is 11.0. The van der Waals surface area contributed by atoms with E-state index in [9.17, 15) is 4.79 Å². The molecule has 0 unspecified atom stereocenters. The molecule has 1 amide bonds. The second kappa shape index (κ2) is 5.47. The van der Waals surface area contributed by atoms with Crippen LogP contribution >= 0.6 is 0 Å². The first-order chi connectivity index (χ1) is 6.71. The lowest BCUT2D eigenvalue weighted by Crippen LogP contribution is -2.41. The fourth-order valence-corrected chi connectivity index (χ4v) is 0.979. The van der Waals surface area contributed by atoms with Gasteiger partial charge in [0, 0.05) is 13.7 Å². The van der Waals surface area contributed by atoms with Crippen molar-refractivity contribution in [3.63, 3.8) is 0 Å². The van der Waals surface area contributed by atoms with Gasteiger partial charge in [-0.15, -0.1) is 0 Å². The molecule has 90 valence electrons.